The maximum Gasteiger partial charge on any atom is 0.418 e. The van der Waals surface area contributed by atoms with E-state index in [-0.39, 0.29) is 21.3 Å². The van der Waals surface area contributed by atoms with Crippen molar-refractivity contribution >= 4 is 40.8 Å². The summed E-state index contributed by atoms with van der Waals surface area (Å²) in [6, 6.07) is 7.67. The van der Waals surface area contributed by atoms with Crippen molar-refractivity contribution in [3.05, 3.63) is 74.9 Å². The number of allylic oxidation sites excluding steroid dienone is 1. The Balaban J connectivity index is 2.00. The molecule has 3 N–H and O–H groups in total. The standard InChI is InChI=1S/C19H14Cl2F3N3O2/c1-9-15(17(28)26-14-5-3-2-4-11(14)19(22,23)24)16(27-18(29)25-9)10-6-7-12(20)13(21)8-10/h2-8,16H,1H3,(H,26,28)(H2,25,27,29). The van der Waals surface area contributed by atoms with Gasteiger partial charge in [0.05, 0.1) is 32.9 Å². The van der Waals surface area contributed by atoms with E-state index in [4.69, 9.17) is 23.2 Å². The normalized spacial score (nSPS) is 16.9. The van der Waals surface area contributed by atoms with Crippen molar-refractivity contribution in [2.24, 2.45) is 0 Å². The van der Waals surface area contributed by atoms with Gasteiger partial charge in [-0.05, 0) is 36.8 Å². The molecule has 1 heterocycles. The number of hydrogen-bond donors (Lipinski definition) is 3. The molecule has 1 aliphatic heterocycles. The summed E-state index contributed by atoms with van der Waals surface area (Å²) in [5.41, 5.74) is -0.685. The van der Waals surface area contributed by atoms with Crippen LogP contribution >= 0.6 is 23.2 Å². The summed E-state index contributed by atoms with van der Waals surface area (Å²) >= 11 is 11.9. The van der Waals surface area contributed by atoms with Gasteiger partial charge in [-0.1, -0.05) is 41.4 Å². The molecule has 0 saturated heterocycles. The number of hydrogen-bond acceptors (Lipinski definition) is 2. The Labute approximate surface area is 173 Å². The highest BCUT2D eigenvalue weighted by molar-refractivity contribution is 6.42. The zero-order valence-electron chi connectivity index (χ0n) is 14.8. The molecule has 0 fully saturated rings. The molecule has 1 aliphatic rings. The van der Waals surface area contributed by atoms with Gasteiger partial charge in [-0.3, -0.25) is 4.79 Å². The second-order valence-corrected chi connectivity index (χ2v) is 7.06. The summed E-state index contributed by atoms with van der Waals surface area (Å²) in [6.45, 7) is 1.48. The Morgan fingerprint density at radius 1 is 1.10 bits per heavy atom. The number of carbonyl (C=O) groups excluding carboxylic acids is 2. The number of anilines is 1. The first kappa shape index (κ1) is 21.0. The third kappa shape index (κ3) is 4.49. The Kier molecular flexibility index (Phi) is 5.77. The fourth-order valence-electron chi connectivity index (χ4n) is 2.97. The Hall–Kier alpha value is -2.71. The molecule has 0 saturated carbocycles. The van der Waals surface area contributed by atoms with Crippen LogP contribution < -0.4 is 16.0 Å². The van der Waals surface area contributed by atoms with Crippen LogP contribution in [0.4, 0.5) is 23.7 Å². The lowest BCUT2D eigenvalue weighted by Gasteiger charge is -2.29. The summed E-state index contributed by atoms with van der Waals surface area (Å²) in [5.74, 6) is -0.803. The molecule has 3 rings (SSSR count). The number of benzene rings is 2. The molecule has 0 bridgehead atoms. The highest BCUT2D eigenvalue weighted by Crippen LogP contribution is 2.36. The van der Waals surface area contributed by atoms with E-state index in [0.717, 1.165) is 12.1 Å². The number of nitrogens with one attached hydrogen (secondary N) is 3. The van der Waals surface area contributed by atoms with Crippen molar-refractivity contribution < 1.29 is 22.8 Å². The van der Waals surface area contributed by atoms with Gasteiger partial charge in [0, 0.05) is 5.70 Å². The van der Waals surface area contributed by atoms with Gasteiger partial charge in [0.15, 0.2) is 0 Å². The maximum atomic E-state index is 13.2. The van der Waals surface area contributed by atoms with Crippen LogP contribution in [0.1, 0.15) is 24.1 Å². The number of carbonyl (C=O) groups is 2. The van der Waals surface area contributed by atoms with Crippen LogP contribution in [0, 0.1) is 0 Å². The summed E-state index contributed by atoms with van der Waals surface area (Å²) < 4.78 is 39.7. The number of halogens is 5. The first-order valence-corrected chi connectivity index (χ1v) is 9.04. The summed E-state index contributed by atoms with van der Waals surface area (Å²) in [4.78, 5) is 24.8. The molecule has 0 aliphatic carbocycles. The topological polar surface area (TPSA) is 70.2 Å². The number of urea groups is 1. The molecule has 0 spiro atoms. The molecule has 0 radical (unpaired) electrons. The van der Waals surface area contributed by atoms with E-state index in [1.54, 1.807) is 6.07 Å². The first-order chi connectivity index (χ1) is 13.6. The van der Waals surface area contributed by atoms with Gasteiger partial charge in [-0.15, -0.1) is 0 Å². The predicted molar refractivity (Wildman–Crippen MR) is 104 cm³/mol. The van der Waals surface area contributed by atoms with E-state index in [2.05, 4.69) is 16.0 Å². The van der Waals surface area contributed by atoms with E-state index < -0.39 is 35.4 Å². The van der Waals surface area contributed by atoms with Crippen molar-refractivity contribution in [3.8, 4) is 0 Å². The van der Waals surface area contributed by atoms with E-state index >= 15 is 0 Å². The van der Waals surface area contributed by atoms with Gasteiger partial charge in [0.25, 0.3) is 5.91 Å². The van der Waals surface area contributed by atoms with Crippen LogP contribution in [0.5, 0.6) is 0 Å². The van der Waals surface area contributed by atoms with Gasteiger partial charge < -0.3 is 16.0 Å². The molecule has 0 aromatic heterocycles. The number of para-hydroxylation sites is 1. The summed E-state index contributed by atoms with van der Waals surface area (Å²) in [5, 5.41) is 7.81. The van der Waals surface area contributed by atoms with Crippen molar-refractivity contribution in [1.82, 2.24) is 10.6 Å². The van der Waals surface area contributed by atoms with Crippen LogP contribution in [0.3, 0.4) is 0 Å². The van der Waals surface area contributed by atoms with Crippen LogP contribution in [-0.2, 0) is 11.0 Å². The number of rotatable bonds is 3. The average molecular weight is 444 g/mol. The van der Waals surface area contributed by atoms with Gasteiger partial charge in [-0.25, -0.2) is 4.79 Å². The van der Waals surface area contributed by atoms with Crippen molar-refractivity contribution in [1.29, 1.82) is 0 Å². The SMILES string of the molecule is CC1=C(C(=O)Nc2ccccc2C(F)(F)F)C(c2ccc(Cl)c(Cl)c2)NC(=O)N1. The molecule has 5 nitrogen and oxygen atoms in total. The highest BCUT2D eigenvalue weighted by Gasteiger charge is 2.35. The lowest BCUT2D eigenvalue weighted by molar-refractivity contribution is -0.137. The largest absolute Gasteiger partial charge is 0.418 e. The molecular formula is C19H14Cl2F3N3O2. The molecule has 1 atom stereocenters. The molecule has 2 aromatic carbocycles. The molecule has 10 heteroatoms. The number of amides is 3. The Morgan fingerprint density at radius 3 is 2.45 bits per heavy atom. The molecule has 152 valence electrons. The molecule has 2 aromatic rings. The molecule has 29 heavy (non-hydrogen) atoms. The zero-order valence-corrected chi connectivity index (χ0v) is 16.3. The quantitative estimate of drug-likeness (QED) is 0.603. The Bertz CT molecular complexity index is 1020. The average Bonchev–Trinajstić information content (AvgIpc) is 2.62. The predicted octanol–water partition coefficient (Wildman–Crippen LogP) is 5.28. The van der Waals surface area contributed by atoms with E-state index in [1.807, 2.05) is 0 Å². The van der Waals surface area contributed by atoms with Crippen molar-refractivity contribution in [2.75, 3.05) is 5.32 Å². The van der Waals surface area contributed by atoms with Crippen molar-refractivity contribution in [3.63, 3.8) is 0 Å². The van der Waals surface area contributed by atoms with Gasteiger partial charge in [-0.2, -0.15) is 13.2 Å². The second-order valence-electron chi connectivity index (χ2n) is 6.24. The second kappa shape index (κ2) is 7.96. The zero-order chi connectivity index (χ0) is 21.3. The summed E-state index contributed by atoms with van der Waals surface area (Å²) in [6.07, 6.45) is -4.64. The van der Waals surface area contributed by atoms with Gasteiger partial charge in [0.2, 0.25) is 0 Å². The smallest absolute Gasteiger partial charge is 0.327 e. The highest BCUT2D eigenvalue weighted by atomic mass is 35.5. The van der Waals surface area contributed by atoms with Crippen LogP contribution in [0.15, 0.2) is 53.7 Å². The first-order valence-electron chi connectivity index (χ1n) is 8.28. The maximum absolute atomic E-state index is 13.2. The van der Waals surface area contributed by atoms with Gasteiger partial charge >= 0.3 is 12.2 Å². The van der Waals surface area contributed by atoms with Crippen LogP contribution in [0.2, 0.25) is 10.0 Å². The van der Waals surface area contributed by atoms with Gasteiger partial charge in [0.1, 0.15) is 0 Å². The summed E-state index contributed by atoms with van der Waals surface area (Å²) in [7, 11) is 0. The third-order valence-corrected chi connectivity index (χ3v) is 5.01. The fraction of sp³-hybridized carbons (Fsp3) is 0.158. The lowest BCUT2D eigenvalue weighted by Crippen LogP contribution is -2.46. The lowest BCUT2D eigenvalue weighted by atomic mass is 9.94. The van der Waals surface area contributed by atoms with E-state index in [1.165, 1.54) is 31.2 Å². The van der Waals surface area contributed by atoms with Crippen LogP contribution in [-0.4, -0.2) is 11.9 Å². The minimum atomic E-state index is -4.64. The third-order valence-electron chi connectivity index (χ3n) is 4.27. The van der Waals surface area contributed by atoms with E-state index in [9.17, 15) is 22.8 Å². The van der Waals surface area contributed by atoms with E-state index in [0.29, 0.717) is 5.56 Å². The minimum absolute atomic E-state index is 0.0416. The number of alkyl halides is 3. The molecule has 3 amide bonds. The minimum Gasteiger partial charge on any atom is -0.327 e. The Morgan fingerprint density at radius 2 is 1.79 bits per heavy atom. The van der Waals surface area contributed by atoms with Crippen LogP contribution in [0.25, 0.3) is 0 Å². The molecular weight excluding hydrogens is 430 g/mol. The molecule has 1 unspecified atom stereocenters. The van der Waals surface area contributed by atoms with Crippen molar-refractivity contribution in [2.45, 2.75) is 19.1 Å². The fourth-order valence-corrected chi connectivity index (χ4v) is 3.27. The monoisotopic (exact) mass is 443 g/mol.